The number of furan rings is 1. The maximum absolute atomic E-state index is 7.83. The highest BCUT2D eigenvalue weighted by molar-refractivity contribution is 7.00. The molecule has 4 nitrogen and oxygen atoms in total. The topological polar surface area (TPSA) is 22.9 Å². The Kier molecular flexibility index (Phi) is 12.4. The summed E-state index contributed by atoms with van der Waals surface area (Å²) in [6, 6.07) is 65.9. The van der Waals surface area contributed by atoms with Crippen LogP contribution in [0.15, 0.2) is 168 Å². The number of hydrogen-bond acceptors (Lipinski definition) is 4. The Morgan fingerprint density at radius 1 is 0.368 bits per heavy atom. The zero-order valence-electron chi connectivity index (χ0n) is 60.2. The molecule has 0 spiro atoms. The molecule has 5 heteroatoms. The second-order valence-electron chi connectivity index (χ2n) is 36.1. The molecule has 9 aromatic carbocycles. The molecule has 7 aliphatic rings. The van der Waals surface area contributed by atoms with Gasteiger partial charge in [-0.15, -0.1) is 0 Å². The molecular weight excluding hydrogens is 1150 g/mol. The summed E-state index contributed by atoms with van der Waals surface area (Å²) >= 11 is 0. The zero-order chi connectivity index (χ0) is 66.6. The molecule has 1 aromatic heterocycles. The molecule has 17 rings (SSSR count). The standard InChI is InChI=1S/C90H96BN3O/c1-82(2,3)53-28-37-78-63(44-53)80-81(95-78)91-74-51-72-73(88(14,15)43-42-87(72,12)13)52-75(74)93(56-31-35-66-70(47-56)85(8,9)40-38-83(66,4)5)76-49-58(50-77(79(76)91)94(80)57-32-36-67-71(48-57)86(10,11)41-39-84(67,6)7)92(54-29-33-61-59-24-20-22-26-64(59)89(16,17)68(61)45-54)55-30-34-62-60-25-21-23-27-65(60)90(18,19)69(62)46-55/h20-37,44-52H,38-43H2,1-19H3. The van der Waals surface area contributed by atoms with E-state index in [1.54, 1.807) is 0 Å². The molecule has 95 heavy (non-hydrogen) atoms. The summed E-state index contributed by atoms with van der Waals surface area (Å²) in [5, 5.41) is 1.16. The fraction of sp³-hybridized carbons (Fsp3) is 0.378. The van der Waals surface area contributed by atoms with E-state index in [0.29, 0.717) is 0 Å². The van der Waals surface area contributed by atoms with Gasteiger partial charge in [0, 0.05) is 56.0 Å². The van der Waals surface area contributed by atoms with Crippen LogP contribution in [-0.2, 0) is 48.7 Å². The molecule has 0 radical (unpaired) electrons. The van der Waals surface area contributed by atoms with E-state index < -0.39 is 0 Å². The molecule has 0 unspecified atom stereocenters. The minimum atomic E-state index is -0.240. The minimum absolute atomic E-state index is 0.0232. The van der Waals surface area contributed by atoms with Gasteiger partial charge in [-0.25, -0.2) is 0 Å². The molecule has 0 saturated heterocycles. The summed E-state index contributed by atoms with van der Waals surface area (Å²) in [6.07, 6.45) is 6.81. The molecule has 0 saturated carbocycles. The summed E-state index contributed by atoms with van der Waals surface area (Å²) in [4.78, 5) is 8.09. The first-order chi connectivity index (χ1) is 44.7. The Hall–Kier alpha value is -8.02. The second kappa shape index (κ2) is 19.4. The maximum atomic E-state index is 7.83. The first-order valence-electron chi connectivity index (χ1n) is 35.8. The molecule has 0 amide bonds. The molecule has 10 aromatic rings. The Labute approximate surface area is 567 Å². The zero-order valence-corrected chi connectivity index (χ0v) is 60.2. The van der Waals surface area contributed by atoms with E-state index in [1.807, 2.05) is 0 Å². The molecule has 5 aliphatic carbocycles. The molecule has 480 valence electrons. The van der Waals surface area contributed by atoms with Crippen molar-refractivity contribution in [3.8, 4) is 22.3 Å². The minimum Gasteiger partial charge on any atom is -0.468 e. The van der Waals surface area contributed by atoms with Gasteiger partial charge in [-0.1, -0.05) is 216 Å². The van der Waals surface area contributed by atoms with Crippen LogP contribution in [0.25, 0.3) is 33.2 Å². The average Bonchev–Trinajstić information content (AvgIpc) is 1.65. The highest BCUT2D eigenvalue weighted by atomic mass is 16.3. The fourth-order valence-electron chi connectivity index (χ4n) is 19.2. The van der Waals surface area contributed by atoms with Crippen LogP contribution in [0.4, 0.5) is 51.2 Å². The molecule has 0 atom stereocenters. The Balaban J connectivity index is 1.04. The summed E-state index contributed by atoms with van der Waals surface area (Å²) in [7, 11) is 0. The number of hydrogen-bond donors (Lipinski definition) is 0. The van der Waals surface area contributed by atoms with Crippen molar-refractivity contribution in [2.45, 2.75) is 219 Å². The summed E-state index contributed by atoms with van der Waals surface area (Å²) in [5.74, 6) is 0. The van der Waals surface area contributed by atoms with E-state index in [4.69, 9.17) is 4.42 Å². The predicted octanol–water partition coefficient (Wildman–Crippen LogP) is 22.9. The smallest absolute Gasteiger partial charge is 0.297 e. The summed E-state index contributed by atoms with van der Waals surface area (Å²) < 4.78 is 7.83. The quantitative estimate of drug-likeness (QED) is 0.160. The van der Waals surface area contributed by atoms with Crippen molar-refractivity contribution in [3.05, 3.63) is 225 Å². The van der Waals surface area contributed by atoms with Crippen LogP contribution in [0, 0.1) is 0 Å². The molecule has 2 aliphatic heterocycles. The highest BCUT2D eigenvalue weighted by Crippen LogP contribution is 2.59. The lowest BCUT2D eigenvalue weighted by Gasteiger charge is -2.47. The van der Waals surface area contributed by atoms with E-state index >= 15 is 0 Å². The van der Waals surface area contributed by atoms with Crippen LogP contribution in [-0.4, -0.2) is 6.71 Å². The van der Waals surface area contributed by atoms with Crippen molar-refractivity contribution >= 4 is 85.5 Å². The largest absolute Gasteiger partial charge is 0.468 e. The summed E-state index contributed by atoms with van der Waals surface area (Å²) in [6.45, 7) is 46.4. The first-order valence-corrected chi connectivity index (χ1v) is 35.8. The van der Waals surface area contributed by atoms with Crippen molar-refractivity contribution in [2.24, 2.45) is 0 Å². The molecular formula is C90H96BN3O. The van der Waals surface area contributed by atoms with Gasteiger partial charge in [0.05, 0.1) is 17.0 Å². The first kappa shape index (κ1) is 60.6. The predicted molar refractivity (Wildman–Crippen MR) is 405 cm³/mol. The van der Waals surface area contributed by atoms with Crippen molar-refractivity contribution in [2.75, 3.05) is 14.7 Å². The Morgan fingerprint density at radius 2 is 0.800 bits per heavy atom. The van der Waals surface area contributed by atoms with Gasteiger partial charge in [-0.2, -0.15) is 0 Å². The lowest BCUT2D eigenvalue weighted by Crippen LogP contribution is -2.61. The van der Waals surface area contributed by atoms with Crippen LogP contribution < -0.4 is 31.3 Å². The van der Waals surface area contributed by atoms with Crippen LogP contribution in [0.5, 0.6) is 0 Å². The highest BCUT2D eigenvalue weighted by Gasteiger charge is 2.51. The summed E-state index contributed by atoms with van der Waals surface area (Å²) in [5.41, 5.74) is 35.3. The van der Waals surface area contributed by atoms with Crippen molar-refractivity contribution in [1.82, 2.24) is 0 Å². The van der Waals surface area contributed by atoms with E-state index in [0.717, 1.165) is 77.9 Å². The monoisotopic (exact) mass is 1250 g/mol. The maximum Gasteiger partial charge on any atom is 0.297 e. The number of anilines is 9. The number of nitrogens with zero attached hydrogens (tertiary/aromatic N) is 3. The molecule has 0 bridgehead atoms. The third-order valence-corrected chi connectivity index (χ3v) is 25.6. The SMILES string of the molecule is CC(C)(C)c1ccc2oc3c(c2c1)N(c1ccc2c(c1)C(C)(C)CCC2(C)C)c1cc(N(c2ccc4c(c2)C(C)(C)c2ccccc2-4)c2ccc4c(c2)C(C)(C)c2ccccc2-4)cc2c1B3c1cc3c(cc1N2c1ccc2c(c1)C(C)(C)CCC2(C)C)C(C)(C)CCC3(C)C. The van der Waals surface area contributed by atoms with Gasteiger partial charge in [0.25, 0.3) is 6.71 Å². The van der Waals surface area contributed by atoms with Crippen LogP contribution in [0.2, 0.25) is 0 Å². The van der Waals surface area contributed by atoms with E-state index in [1.165, 1.54) is 123 Å². The van der Waals surface area contributed by atoms with Gasteiger partial charge in [-0.05, 0) is 250 Å². The molecule has 0 fully saturated rings. The third-order valence-electron chi connectivity index (χ3n) is 25.6. The molecule has 3 heterocycles. The lowest BCUT2D eigenvalue weighted by atomic mass is 9.35. The number of fused-ring (bicyclic) bond motifs is 15. The van der Waals surface area contributed by atoms with Gasteiger partial charge >= 0.3 is 0 Å². The van der Waals surface area contributed by atoms with Crippen molar-refractivity contribution in [1.29, 1.82) is 0 Å². The van der Waals surface area contributed by atoms with Crippen LogP contribution >= 0.6 is 0 Å². The third kappa shape index (κ3) is 8.57. The van der Waals surface area contributed by atoms with Gasteiger partial charge in [0.15, 0.2) is 0 Å². The Bertz CT molecular complexity index is 4880. The van der Waals surface area contributed by atoms with Crippen LogP contribution in [0.1, 0.15) is 231 Å². The van der Waals surface area contributed by atoms with Gasteiger partial charge < -0.3 is 19.1 Å². The van der Waals surface area contributed by atoms with E-state index in [2.05, 4.69) is 310 Å². The molecule has 0 N–H and O–H groups in total. The Morgan fingerprint density at radius 3 is 1.29 bits per heavy atom. The van der Waals surface area contributed by atoms with Crippen molar-refractivity contribution in [3.63, 3.8) is 0 Å². The second-order valence-corrected chi connectivity index (χ2v) is 36.1. The average molecular weight is 1250 g/mol. The number of rotatable bonds is 5. The number of benzene rings is 9. The van der Waals surface area contributed by atoms with Gasteiger partial charge in [-0.3, -0.25) is 0 Å². The fourth-order valence-corrected chi connectivity index (χ4v) is 19.2. The van der Waals surface area contributed by atoms with Gasteiger partial charge in [0.1, 0.15) is 5.58 Å². The lowest BCUT2D eigenvalue weighted by molar-refractivity contribution is 0.332. The van der Waals surface area contributed by atoms with E-state index in [9.17, 15) is 0 Å². The van der Waals surface area contributed by atoms with Gasteiger partial charge in [0.2, 0.25) is 0 Å². The normalized spacial score (nSPS) is 19.9. The van der Waals surface area contributed by atoms with Crippen LogP contribution in [0.3, 0.4) is 0 Å². The van der Waals surface area contributed by atoms with Crippen molar-refractivity contribution < 1.29 is 4.42 Å². The van der Waals surface area contributed by atoms with E-state index in [-0.39, 0.29) is 55.4 Å².